The molecule has 0 heterocycles. The molecule has 1 aromatic rings. The van der Waals surface area contributed by atoms with E-state index in [2.05, 4.69) is 12.1 Å². The van der Waals surface area contributed by atoms with E-state index in [1.54, 1.807) is 7.11 Å². The van der Waals surface area contributed by atoms with Gasteiger partial charge in [0.25, 0.3) is 0 Å². The summed E-state index contributed by atoms with van der Waals surface area (Å²) in [5, 5.41) is 0. The van der Waals surface area contributed by atoms with E-state index in [0.29, 0.717) is 0 Å². The molecule has 0 N–H and O–H groups in total. The average Bonchev–Trinajstić information content (AvgIpc) is 2.03. The molecule has 0 aliphatic heterocycles. The van der Waals surface area contributed by atoms with Crippen LogP contribution in [-0.4, -0.2) is 13.7 Å². The Balaban J connectivity index is 0.000001000. The first-order chi connectivity index (χ1) is 4.93. The van der Waals surface area contributed by atoms with Crippen molar-refractivity contribution in [3.63, 3.8) is 0 Å². The standard InChI is InChI=1S/C9H12O.CH4/c1-10-8-7-9-5-3-2-4-6-9;/h2-6H,7-8H2,1H3;1H4. The average molecular weight is 152 g/mol. The molecule has 0 saturated carbocycles. The molecule has 0 unspecified atom stereocenters. The van der Waals surface area contributed by atoms with Crippen LogP contribution in [0.25, 0.3) is 0 Å². The zero-order chi connectivity index (χ0) is 7.23. The van der Waals surface area contributed by atoms with Gasteiger partial charge in [0.1, 0.15) is 0 Å². The molecule has 0 radical (unpaired) electrons. The molecule has 0 spiro atoms. The number of benzene rings is 1. The van der Waals surface area contributed by atoms with Gasteiger partial charge in [0.2, 0.25) is 0 Å². The minimum absolute atomic E-state index is 0. The molecule has 0 aromatic heterocycles. The minimum atomic E-state index is 0. The second-order valence-corrected chi connectivity index (χ2v) is 2.23. The van der Waals surface area contributed by atoms with Crippen LogP contribution >= 0.6 is 0 Å². The zero-order valence-electron chi connectivity index (χ0n) is 6.21. The van der Waals surface area contributed by atoms with Gasteiger partial charge in [-0.05, 0) is 12.0 Å². The van der Waals surface area contributed by atoms with Crippen LogP contribution in [0.2, 0.25) is 0 Å². The molecular formula is C10H16O. The minimum Gasteiger partial charge on any atom is -0.384 e. The van der Waals surface area contributed by atoms with E-state index in [-0.39, 0.29) is 7.43 Å². The fourth-order valence-corrected chi connectivity index (χ4v) is 0.865. The number of ether oxygens (including phenoxy) is 1. The van der Waals surface area contributed by atoms with Gasteiger partial charge in [0.05, 0.1) is 6.61 Å². The summed E-state index contributed by atoms with van der Waals surface area (Å²) in [6.07, 6.45) is 1.01. The molecule has 11 heavy (non-hydrogen) atoms. The molecule has 62 valence electrons. The highest BCUT2D eigenvalue weighted by Gasteiger charge is 1.87. The predicted molar refractivity (Wildman–Crippen MR) is 48.8 cm³/mol. The van der Waals surface area contributed by atoms with Gasteiger partial charge >= 0.3 is 0 Å². The smallest absolute Gasteiger partial charge is 0.0502 e. The quantitative estimate of drug-likeness (QED) is 0.646. The van der Waals surface area contributed by atoms with Gasteiger partial charge in [0, 0.05) is 7.11 Å². The first kappa shape index (κ1) is 10.2. The largest absolute Gasteiger partial charge is 0.384 e. The van der Waals surface area contributed by atoms with Crippen LogP contribution in [0.15, 0.2) is 30.3 Å². The summed E-state index contributed by atoms with van der Waals surface area (Å²) >= 11 is 0. The Hall–Kier alpha value is -0.820. The van der Waals surface area contributed by atoms with Crippen molar-refractivity contribution in [2.45, 2.75) is 13.8 Å². The molecule has 0 atom stereocenters. The second-order valence-electron chi connectivity index (χ2n) is 2.23. The lowest BCUT2D eigenvalue weighted by atomic mass is 10.2. The Morgan fingerprint density at radius 1 is 1.18 bits per heavy atom. The maximum Gasteiger partial charge on any atom is 0.0502 e. The lowest BCUT2D eigenvalue weighted by Crippen LogP contribution is -1.92. The zero-order valence-corrected chi connectivity index (χ0v) is 6.21. The third-order valence-corrected chi connectivity index (χ3v) is 1.44. The number of hydrogen-bond donors (Lipinski definition) is 0. The molecule has 1 nitrogen and oxygen atoms in total. The van der Waals surface area contributed by atoms with Crippen molar-refractivity contribution in [2.75, 3.05) is 13.7 Å². The maximum absolute atomic E-state index is 4.95. The monoisotopic (exact) mass is 152 g/mol. The lowest BCUT2D eigenvalue weighted by Gasteiger charge is -1.97. The third kappa shape index (κ3) is 3.79. The summed E-state index contributed by atoms with van der Waals surface area (Å²) < 4.78 is 4.95. The van der Waals surface area contributed by atoms with E-state index in [1.165, 1.54) is 5.56 Å². The Bertz CT molecular complexity index is 169. The molecule has 0 aliphatic carbocycles. The molecule has 0 aliphatic rings. The highest BCUT2D eigenvalue weighted by molar-refractivity contribution is 5.14. The van der Waals surface area contributed by atoms with Crippen molar-refractivity contribution < 1.29 is 4.74 Å². The van der Waals surface area contributed by atoms with Gasteiger partial charge in [-0.1, -0.05) is 37.8 Å². The van der Waals surface area contributed by atoms with Crippen LogP contribution in [-0.2, 0) is 11.2 Å². The van der Waals surface area contributed by atoms with Crippen molar-refractivity contribution in [1.82, 2.24) is 0 Å². The molecular weight excluding hydrogens is 136 g/mol. The van der Waals surface area contributed by atoms with Crippen LogP contribution in [0.3, 0.4) is 0 Å². The molecule has 0 fully saturated rings. The summed E-state index contributed by atoms with van der Waals surface area (Å²) in [5.41, 5.74) is 1.34. The van der Waals surface area contributed by atoms with E-state index in [1.807, 2.05) is 18.2 Å². The molecule has 1 heteroatoms. The maximum atomic E-state index is 4.95. The topological polar surface area (TPSA) is 9.23 Å². The van der Waals surface area contributed by atoms with Gasteiger partial charge in [0.15, 0.2) is 0 Å². The highest BCUT2D eigenvalue weighted by atomic mass is 16.5. The highest BCUT2D eigenvalue weighted by Crippen LogP contribution is 1.98. The number of methoxy groups -OCH3 is 1. The lowest BCUT2D eigenvalue weighted by molar-refractivity contribution is 0.202. The Morgan fingerprint density at radius 3 is 2.36 bits per heavy atom. The fourth-order valence-electron chi connectivity index (χ4n) is 0.865. The van der Waals surface area contributed by atoms with Crippen LogP contribution in [0, 0.1) is 0 Å². The molecule has 1 aromatic carbocycles. The Kier molecular flexibility index (Phi) is 5.49. The van der Waals surface area contributed by atoms with E-state index in [0.717, 1.165) is 13.0 Å². The van der Waals surface area contributed by atoms with E-state index >= 15 is 0 Å². The van der Waals surface area contributed by atoms with Crippen molar-refractivity contribution in [1.29, 1.82) is 0 Å². The van der Waals surface area contributed by atoms with Crippen molar-refractivity contribution in [2.24, 2.45) is 0 Å². The van der Waals surface area contributed by atoms with Gasteiger partial charge < -0.3 is 4.74 Å². The number of hydrogen-bond acceptors (Lipinski definition) is 1. The first-order valence-corrected chi connectivity index (χ1v) is 3.46. The van der Waals surface area contributed by atoms with Gasteiger partial charge in [-0.2, -0.15) is 0 Å². The van der Waals surface area contributed by atoms with Gasteiger partial charge in [-0.3, -0.25) is 0 Å². The summed E-state index contributed by atoms with van der Waals surface area (Å²) in [4.78, 5) is 0. The summed E-state index contributed by atoms with van der Waals surface area (Å²) in [6, 6.07) is 10.3. The van der Waals surface area contributed by atoms with E-state index in [9.17, 15) is 0 Å². The van der Waals surface area contributed by atoms with Crippen LogP contribution < -0.4 is 0 Å². The van der Waals surface area contributed by atoms with Crippen molar-refractivity contribution in [3.8, 4) is 0 Å². The molecule has 1 rings (SSSR count). The molecule has 0 amide bonds. The summed E-state index contributed by atoms with van der Waals surface area (Å²) in [5.74, 6) is 0. The van der Waals surface area contributed by atoms with Crippen LogP contribution in [0.1, 0.15) is 13.0 Å². The summed E-state index contributed by atoms with van der Waals surface area (Å²) in [6.45, 7) is 0.810. The van der Waals surface area contributed by atoms with Gasteiger partial charge in [-0.15, -0.1) is 0 Å². The fraction of sp³-hybridized carbons (Fsp3) is 0.400. The molecule has 0 bridgehead atoms. The Morgan fingerprint density at radius 2 is 1.82 bits per heavy atom. The second kappa shape index (κ2) is 5.93. The first-order valence-electron chi connectivity index (χ1n) is 3.46. The Labute approximate surface area is 69.0 Å². The summed E-state index contributed by atoms with van der Waals surface area (Å²) in [7, 11) is 1.73. The SMILES string of the molecule is C.COCCc1ccccc1. The number of rotatable bonds is 3. The van der Waals surface area contributed by atoms with Gasteiger partial charge in [-0.25, -0.2) is 0 Å². The normalized spacial score (nSPS) is 8.82. The van der Waals surface area contributed by atoms with Crippen molar-refractivity contribution in [3.05, 3.63) is 35.9 Å². The van der Waals surface area contributed by atoms with E-state index < -0.39 is 0 Å². The van der Waals surface area contributed by atoms with E-state index in [4.69, 9.17) is 4.74 Å². The van der Waals surface area contributed by atoms with Crippen LogP contribution in [0.4, 0.5) is 0 Å². The predicted octanol–water partition coefficient (Wildman–Crippen LogP) is 2.51. The third-order valence-electron chi connectivity index (χ3n) is 1.44. The molecule has 0 saturated heterocycles. The van der Waals surface area contributed by atoms with Crippen LogP contribution in [0.5, 0.6) is 0 Å². The van der Waals surface area contributed by atoms with Crippen molar-refractivity contribution >= 4 is 0 Å².